The lowest BCUT2D eigenvalue weighted by molar-refractivity contribution is 0.540. The lowest BCUT2D eigenvalue weighted by atomic mass is 9.98. The second-order valence-electron chi connectivity index (χ2n) is 4.45. The predicted octanol–water partition coefficient (Wildman–Crippen LogP) is 4.99. The summed E-state index contributed by atoms with van der Waals surface area (Å²) in [5.74, 6) is -1.07. The van der Waals surface area contributed by atoms with Crippen molar-refractivity contribution in [2.75, 3.05) is 7.05 Å². The number of likely N-dealkylation sites (N-methyl/N-ethyl adjacent to an activating group) is 1. The maximum Gasteiger partial charge on any atom is 0.129 e. The van der Waals surface area contributed by atoms with Gasteiger partial charge in [0.15, 0.2) is 0 Å². The van der Waals surface area contributed by atoms with E-state index in [0.29, 0.717) is 12.0 Å². The number of halogens is 4. The molecule has 1 nitrogen and oxygen atoms in total. The van der Waals surface area contributed by atoms with Crippen molar-refractivity contribution in [1.82, 2.24) is 5.32 Å². The summed E-state index contributed by atoms with van der Waals surface area (Å²) in [7, 11) is 1.82. The van der Waals surface area contributed by atoms with E-state index in [4.69, 9.17) is 0 Å². The maximum absolute atomic E-state index is 13.7. The first-order chi connectivity index (χ1) is 9.51. The summed E-state index contributed by atoms with van der Waals surface area (Å²) in [5, 5.41) is 3.16. The third-order valence-electron chi connectivity index (χ3n) is 3.13. The topological polar surface area (TPSA) is 12.0 Å². The van der Waals surface area contributed by atoms with E-state index < -0.39 is 11.6 Å². The second-order valence-corrected chi connectivity index (χ2v) is 6.22. The van der Waals surface area contributed by atoms with Crippen molar-refractivity contribution >= 4 is 31.9 Å². The number of benzene rings is 2. The average molecular weight is 405 g/mol. The van der Waals surface area contributed by atoms with Crippen LogP contribution in [-0.2, 0) is 6.42 Å². The van der Waals surface area contributed by atoms with Crippen LogP contribution in [0.5, 0.6) is 0 Å². The summed E-state index contributed by atoms with van der Waals surface area (Å²) in [5.41, 5.74) is 1.51. The van der Waals surface area contributed by atoms with Gasteiger partial charge in [0.1, 0.15) is 11.6 Å². The predicted molar refractivity (Wildman–Crippen MR) is 83.7 cm³/mol. The highest BCUT2D eigenvalue weighted by atomic mass is 79.9. The van der Waals surface area contributed by atoms with Crippen molar-refractivity contribution in [1.29, 1.82) is 0 Å². The molecule has 20 heavy (non-hydrogen) atoms. The molecule has 5 heteroatoms. The minimum atomic E-state index is -0.558. The molecule has 0 heterocycles. The van der Waals surface area contributed by atoms with E-state index in [0.717, 1.165) is 20.6 Å². The molecule has 0 spiro atoms. The normalized spacial score (nSPS) is 12.4. The Morgan fingerprint density at radius 2 is 1.85 bits per heavy atom. The number of hydrogen-bond donors (Lipinski definition) is 1. The fourth-order valence-electron chi connectivity index (χ4n) is 2.06. The van der Waals surface area contributed by atoms with Crippen molar-refractivity contribution < 1.29 is 8.78 Å². The monoisotopic (exact) mass is 403 g/mol. The van der Waals surface area contributed by atoms with Gasteiger partial charge in [0.2, 0.25) is 0 Å². The third-order valence-corrected chi connectivity index (χ3v) is 4.31. The van der Waals surface area contributed by atoms with Gasteiger partial charge in [-0.3, -0.25) is 0 Å². The standard InChI is InChI=1S/C15H13Br2F2N/c1-20-15(12-5-3-10(16)7-13(12)17)6-9-2-4-11(18)8-14(9)19/h2-5,7-8,15,20H,6H2,1H3. The summed E-state index contributed by atoms with van der Waals surface area (Å²) >= 11 is 6.91. The van der Waals surface area contributed by atoms with E-state index in [9.17, 15) is 8.78 Å². The molecule has 2 rings (SSSR count). The Bertz CT molecular complexity index is 617. The lowest BCUT2D eigenvalue weighted by Crippen LogP contribution is -2.20. The van der Waals surface area contributed by atoms with Gasteiger partial charge in [-0.05, 0) is 42.8 Å². The van der Waals surface area contributed by atoms with E-state index >= 15 is 0 Å². The molecule has 106 valence electrons. The molecule has 0 saturated heterocycles. The molecule has 0 bridgehead atoms. The Labute approximate surface area is 133 Å². The van der Waals surface area contributed by atoms with Gasteiger partial charge in [0, 0.05) is 21.1 Å². The zero-order valence-corrected chi connectivity index (χ0v) is 13.9. The van der Waals surface area contributed by atoms with E-state index in [-0.39, 0.29) is 6.04 Å². The summed E-state index contributed by atoms with van der Waals surface area (Å²) in [6, 6.07) is 9.47. The molecule has 0 amide bonds. The maximum atomic E-state index is 13.7. The van der Waals surface area contributed by atoms with E-state index in [1.54, 1.807) is 0 Å². The quantitative estimate of drug-likeness (QED) is 0.756. The van der Waals surface area contributed by atoms with Gasteiger partial charge in [-0.25, -0.2) is 8.78 Å². The molecule has 2 aromatic carbocycles. The van der Waals surface area contributed by atoms with Crippen molar-refractivity contribution in [3.8, 4) is 0 Å². The van der Waals surface area contributed by atoms with Crippen molar-refractivity contribution in [2.24, 2.45) is 0 Å². The van der Waals surface area contributed by atoms with Crippen molar-refractivity contribution in [3.05, 3.63) is 68.1 Å². The minimum absolute atomic E-state index is 0.0579. The van der Waals surface area contributed by atoms with Gasteiger partial charge in [-0.2, -0.15) is 0 Å². The Hall–Kier alpha value is -0.780. The van der Waals surface area contributed by atoms with Crippen LogP contribution in [0.4, 0.5) is 8.78 Å². The fraction of sp³-hybridized carbons (Fsp3) is 0.200. The highest BCUT2D eigenvalue weighted by Crippen LogP contribution is 2.29. The second kappa shape index (κ2) is 6.78. The van der Waals surface area contributed by atoms with Crippen LogP contribution in [0.1, 0.15) is 17.2 Å². The van der Waals surface area contributed by atoms with Gasteiger partial charge in [0.05, 0.1) is 0 Å². The first-order valence-corrected chi connectivity index (χ1v) is 7.66. The van der Waals surface area contributed by atoms with Gasteiger partial charge in [-0.15, -0.1) is 0 Å². The summed E-state index contributed by atoms with van der Waals surface area (Å²) in [6.45, 7) is 0. The zero-order valence-electron chi connectivity index (χ0n) is 10.8. The smallest absolute Gasteiger partial charge is 0.129 e. The van der Waals surface area contributed by atoms with Crippen LogP contribution in [0.25, 0.3) is 0 Å². The molecular formula is C15H13Br2F2N. The molecule has 0 fully saturated rings. The minimum Gasteiger partial charge on any atom is -0.313 e. The highest BCUT2D eigenvalue weighted by molar-refractivity contribution is 9.11. The van der Waals surface area contributed by atoms with Crippen LogP contribution >= 0.6 is 31.9 Å². The van der Waals surface area contributed by atoms with E-state index in [1.165, 1.54) is 12.1 Å². The molecule has 0 aliphatic heterocycles. The van der Waals surface area contributed by atoms with Crippen LogP contribution in [0.3, 0.4) is 0 Å². The fourth-order valence-corrected chi connectivity index (χ4v) is 3.38. The molecule has 0 aliphatic rings. The SMILES string of the molecule is CNC(Cc1ccc(F)cc1F)c1ccc(Br)cc1Br. The summed E-state index contributed by atoms with van der Waals surface area (Å²) in [4.78, 5) is 0. The highest BCUT2D eigenvalue weighted by Gasteiger charge is 2.16. The molecule has 1 N–H and O–H groups in total. The van der Waals surface area contributed by atoms with Crippen molar-refractivity contribution in [3.63, 3.8) is 0 Å². The van der Waals surface area contributed by atoms with E-state index in [1.807, 2.05) is 25.2 Å². The Kier molecular flexibility index (Phi) is 5.29. The first-order valence-electron chi connectivity index (χ1n) is 6.07. The van der Waals surface area contributed by atoms with Gasteiger partial charge >= 0.3 is 0 Å². The van der Waals surface area contributed by atoms with Gasteiger partial charge in [-0.1, -0.05) is 44.0 Å². The molecule has 0 saturated carbocycles. The Morgan fingerprint density at radius 3 is 2.45 bits per heavy atom. The third kappa shape index (κ3) is 3.65. The van der Waals surface area contributed by atoms with Gasteiger partial charge < -0.3 is 5.32 Å². The average Bonchev–Trinajstić information content (AvgIpc) is 2.39. The number of rotatable bonds is 4. The molecule has 1 atom stereocenters. The van der Waals surface area contributed by atoms with Crippen molar-refractivity contribution in [2.45, 2.75) is 12.5 Å². The Morgan fingerprint density at radius 1 is 1.10 bits per heavy atom. The summed E-state index contributed by atoms with van der Waals surface area (Å²) < 4.78 is 28.6. The summed E-state index contributed by atoms with van der Waals surface area (Å²) in [6.07, 6.45) is 0.447. The molecule has 0 aliphatic carbocycles. The number of nitrogens with one attached hydrogen (secondary N) is 1. The number of hydrogen-bond acceptors (Lipinski definition) is 1. The molecular weight excluding hydrogens is 392 g/mol. The van der Waals surface area contributed by atoms with Crippen LogP contribution in [0.15, 0.2) is 45.3 Å². The van der Waals surface area contributed by atoms with Crippen LogP contribution in [0.2, 0.25) is 0 Å². The van der Waals surface area contributed by atoms with Crippen LogP contribution in [0, 0.1) is 11.6 Å². The van der Waals surface area contributed by atoms with Crippen LogP contribution < -0.4 is 5.32 Å². The molecule has 1 unspecified atom stereocenters. The van der Waals surface area contributed by atoms with E-state index in [2.05, 4.69) is 37.2 Å². The lowest BCUT2D eigenvalue weighted by Gasteiger charge is -2.19. The van der Waals surface area contributed by atoms with Gasteiger partial charge in [0.25, 0.3) is 0 Å². The molecule has 0 radical (unpaired) electrons. The van der Waals surface area contributed by atoms with Crippen LogP contribution in [-0.4, -0.2) is 7.05 Å². The Balaban J connectivity index is 2.28. The molecule has 0 aromatic heterocycles. The zero-order chi connectivity index (χ0) is 14.7. The first kappa shape index (κ1) is 15.6. The molecule has 2 aromatic rings. The largest absolute Gasteiger partial charge is 0.313 e.